The van der Waals surface area contributed by atoms with Crippen LogP contribution in [0.25, 0.3) is 0 Å². The quantitative estimate of drug-likeness (QED) is 0.555. The Morgan fingerprint density at radius 1 is 1.07 bits per heavy atom. The minimum atomic E-state index is 0.0382. The van der Waals surface area contributed by atoms with Crippen molar-refractivity contribution in [2.45, 2.75) is 24.1 Å². The van der Waals surface area contributed by atoms with Gasteiger partial charge in [0.1, 0.15) is 0 Å². The van der Waals surface area contributed by atoms with Gasteiger partial charge in [-0.05, 0) is 41.2 Å². The molecule has 0 unspecified atom stereocenters. The highest BCUT2D eigenvalue weighted by atomic mass is 32.2. The van der Waals surface area contributed by atoms with E-state index in [0.717, 1.165) is 17.7 Å². The van der Waals surface area contributed by atoms with E-state index < -0.39 is 0 Å². The Kier molecular flexibility index (Phi) is 6.62. The van der Waals surface area contributed by atoms with Crippen molar-refractivity contribution in [2.24, 2.45) is 0 Å². The summed E-state index contributed by atoms with van der Waals surface area (Å²) in [5, 5.41) is 4.43. The second kappa shape index (κ2) is 9.55. The SMILES string of the molecule is CN(Cc1cnn(Cc2ccccc2)c1)C(=O)c1ccc(C2SCCCS2)cc1. The fourth-order valence-corrected chi connectivity index (χ4v) is 6.27. The summed E-state index contributed by atoms with van der Waals surface area (Å²) >= 11 is 4.00. The maximum atomic E-state index is 12.8. The highest BCUT2D eigenvalue weighted by Gasteiger charge is 2.18. The van der Waals surface area contributed by atoms with Crippen LogP contribution in [0.5, 0.6) is 0 Å². The molecule has 0 aliphatic carbocycles. The first-order valence-electron chi connectivity index (χ1n) is 9.83. The Morgan fingerprint density at radius 2 is 1.79 bits per heavy atom. The van der Waals surface area contributed by atoms with Crippen LogP contribution in [0.4, 0.5) is 0 Å². The number of carbonyl (C=O) groups is 1. The number of hydrogen-bond donors (Lipinski definition) is 0. The average molecular weight is 424 g/mol. The molecule has 1 saturated heterocycles. The number of benzene rings is 2. The standard InChI is InChI=1S/C23H25N3OS2/c1-25(15-19-14-24-26(17-19)16-18-6-3-2-4-7-18)22(27)20-8-10-21(11-9-20)23-28-12-5-13-29-23/h2-4,6-11,14,17,23H,5,12-13,15-16H2,1H3. The lowest BCUT2D eigenvalue weighted by molar-refractivity contribution is 0.0785. The molecule has 2 heterocycles. The summed E-state index contributed by atoms with van der Waals surface area (Å²) in [5.74, 6) is 2.48. The lowest BCUT2D eigenvalue weighted by Gasteiger charge is -2.21. The number of carbonyl (C=O) groups excluding carboxylic acids is 1. The first-order chi connectivity index (χ1) is 14.2. The zero-order valence-corrected chi connectivity index (χ0v) is 18.2. The average Bonchev–Trinajstić information content (AvgIpc) is 3.21. The highest BCUT2D eigenvalue weighted by Crippen LogP contribution is 2.43. The Hall–Kier alpha value is -2.18. The summed E-state index contributed by atoms with van der Waals surface area (Å²) in [6.45, 7) is 1.28. The van der Waals surface area contributed by atoms with Crippen molar-refractivity contribution in [2.75, 3.05) is 18.6 Å². The smallest absolute Gasteiger partial charge is 0.253 e. The molecule has 6 heteroatoms. The van der Waals surface area contributed by atoms with E-state index in [4.69, 9.17) is 0 Å². The molecule has 0 spiro atoms. The molecule has 0 N–H and O–H groups in total. The van der Waals surface area contributed by atoms with E-state index in [-0.39, 0.29) is 5.91 Å². The largest absolute Gasteiger partial charge is 0.337 e. The van der Waals surface area contributed by atoms with Crippen LogP contribution in [-0.2, 0) is 13.1 Å². The summed E-state index contributed by atoms with van der Waals surface area (Å²) in [6, 6.07) is 18.4. The van der Waals surface area contributed by atoms with E-state index in [1.165, 1.54) is 29.1 Å². The topological polar surface area (TPSA) is 38.1 Å². The molecule has 4 rings (SSSR count). The number of nitrogens with zero attached hydrogens (tertiary/aromatic N) is 3. The first kappa shape index (κ1) is 20.1. The molecule has 0 radical (unpaired) electrons. The molecule has 1 aliphatic rings. The predicted octanol–water partition coefficient (Wildman–Crippen LogP) is 5.07. The summed E-state index contributed by atoms with van der Waals surface area (Å²) < 4.78 is 2.41. The Morgan fingerprint density at radius 3 is 2.52 bits per heavy atom. The van der Waals surface area contributed by atoms with Crippen molar-refractivity contribution in [1.29, 1.82) is 0 Å². The second-order valence-electron chi connectivity index (χ2n) is 7.24. The predicted molar refractivity (Wildman–Crippen MR) is 122 cm³/mol. The number of thioether (sulfide) groups is 2. The molecule has 3 aromatic rings. The van der Waals surface area contributed by atoms with Crippen LogP contribution >= 0.6 is 23.5 Å². The molecule has 0 atom stereocenters. The molecule has 150 valence electrons. The van der Waals surface area contributed by atoms with Gasteiger partial charge in [0.2, 0.25) is 0 Å². The molecule has 4 nitrogen and oxygen atoms in total. The number of rotatable bonds is 6. The van der Waals surface area contributed by atoms with Crippen LogP contribution in [0.15, 0.2) is 67.0 Å². The van der Waals surface area contributed by atoms with Crippen LogP contribution in [0, 0.1) is 0 Å². The third kappa shape index (κ3) is 5.25. The van der Waals surface area contributed by atoms with Gasteiger partial charge in [-0.3, -0.25) is 9.48 Å². The molecule has 1 aromatic heterocycles. The first-order valence-corrected chi connectivity index (χ1v) is 11.9. The molecular weight excluding hydrogens is 398 g/mol. The Labute approximate surface area is 180 Å². The molecule has 1 fully saturated rings. The van der Waals surface area contributed by atoms with E-state index in [9.17, 15) is 4.79 Å². The van der Waals surface area contributed by atoms with E-state index in [2.05, 4.69) is 29.4 Å². The van der Waals surface area contributed by atoms with Gasteiger partial charge >= 0.3 is 0 Å². The summed E-state index contributed by atoms with van der Waals surface area (Å²) in [5.41, 5.74) is 4.28. The van der Waals surface area contributed by atoms with Gasteiger partial charge in [-0.1, -0.05) is 42.5 Å². The van der Waals surface area contributed by atoms with Crippen LogP contribution in [0.1, 0.15) is 38.1 Å². The van der Waals surface area contributed by atoms with Crippen LogP contribution in [-0.4, -0.2) is 39.1 Å². The third-order valence-corrected chi connectivity index (χ3v) is 7.91. The second-order valence-corrected chi connectivity index (χ2v) is 9.97. The Bertz CT molecular complexity index is 934. The molecule has 0 bridgehead atoms. The fraction of sp³-hybridized carbons (Fsp3) is 0.304. The highest BCUT2D eigenvalue weighted by molar-refractivity contribution is 8.16. The lowest BCUT2D eigenvalue weighted by atomic mass is 10.1. The molecule has 0 saturated carbocycles. The zero-order valence-electron chi connectivity index (χ0n) is 16.5. The summed E-state index contributed by atoms with van der Waals surface area (Å²) in [4.78, 5) is 14.6. The van der Waals surface area contributed by atoms with Crippen molar-refractivity contribution in [3.8, 4) is 0 Å². The van der Waals surface area contributed by atoms with Crippen LogP contribution in [0.2, 0.25) is 0 Å². The lowest BCUT2D eigenvalue weighted by Crippen LogP contribution is -2.26. The summed E-state index contributed by atoms with van der Waals surface area (Å²) in [7, 11) is 1.84. The molecular formula is C23H25N3OS2. The van der Waals surface area contributed by atoms with Gasteiger partial charge in [0.05, 0.1) is 17.3 Å². The van der Waals surface area contributed by atoms with Crippen molar-refractivity contribution in [3.05, 3.63) is 89.2 Å². The van der Waals surface area contributed by atoms with Gasteiger partial charge in [-0.15, -0.1) is 23.5 Å². The Balaban J connectivity index is 1.35. The van der Waals surface area contributed by atoms with Crippen molar-refractivity contribution in [3.63, 3.8) is 0 Å². The van der Waals surface area contributed by atoms with Gasteiger partial charge < -0.3 is 4.90 Å². The van der Waals surface area contributed by atoms with E-state index >= 15 is 0 Å². The number of hydrogen-bond acceptors (Lipinski definition) is 4. The van der Waals surface area contributed by atoms with Gasteiger partial charge in [-0.25, -0.2) is 0 Å². The third-order valence-electron chi connectivity index (χ3n) is 4.90. The zero-order chi connectivity index (χ0) is 20.1. The number of aromatic nitrogens is 2. The van der Waals surface area contributed by atoms with Crippen molar-refractivity contribution < 1.29 is 4.79 Å². The molecule has 1 amide bonds. The molecule has 1 aliphatic heterocycles. The maximum absolute atomic E-state index is 12.8. The number of amides is 1. The fourth-order valence-electron chi connectivity index (χ4n) is 3.37. The molecule has 29 heavy (non-hydrogen) atoms. The monoisotopic (exact) mass is 423 g/mol. The van der Waals surface area contributed by atoms with E-state index in [1.807, 2.05) is 78.0 Å². The minimum Gasteiger partial charge on any atom is -0.337 e. The normalized spacial score (nSPS) is 14.7. The molecule has 2 aromatic carbocycles. The van der Waals surface area contributed by atoms with Crippen LogP contribution < -0.4 is 0 Å². The van der Waals surface area contributed by atoms with Gasteiger partial charge in [0, 0.05) is 30.9 Å². The van der Waals surface area contributed by atoms with Crippen molar-refractivity contribution >= 4 is 29.4 Å². The minimum absolute atomic E-state index is 0.0382. The maximum Gasteiger partial charge on any atom is 0.253 e. The van der Waals surface area contributed by atoms with E-state index in [1.54, 1.807) is 4.90 Å². The van der Waals surface area contributed by atoms with Gasteiger partial charge in [0.15, 0.2) is 0 Å². The van der Waals surface area contributed by atoms with Gasteiger partial charge in [0.25, 0.3) is 5.91 Å². The van der Waals surface area contributed by atoms with E-state index in [0.29, 0.717) is 11.1 Å². The summed E-state index contributed by atoms with van der Waals surface area (Å²) in [6.07, 6.45) is 5.14. The van der Waals surface area contributed by atoms with Crippen molar-refractivity contribution in [1.82, 2.24) is 14.7 Å². The van der Waals surface area contributed by atoms with Crippen LogP contribution in [0.3, 0.4) is 0 Å². The van der Waals surface area contributed by atoms with Gasteiger partial charge in [-0.2, -0.15) is 5.10 Å².